The van der Waals surface area contributed by atoms with Crippen LogP contribution >= 0.6 is 0 Å². The van der Waals surface area contributed by atoms with E-state index in [-0.39, 0.29) is 0 Å². The van der Waals surface area contributed by atoms with Gasteiger partial charge in [-0.3, -0.25) is 0 Å². The quantitative estimate of drug-likeness (QED) is 0.841. The molecule has 0 aromatic carbocycles. The minimum Gasteiger partial charge on any atom is -0.376 e. The molecule has 1 aliphatic heterocycles. The summed E-state index contributed by atoms with van der Waals surface area (Å²) in [7, 11) is 0. The van der Waals surface area contributed by atoms with Crippen LogP contribution in [0.5, 0.6) is 0 Å². The molecule has 1 saturated carbocycles. The van der Waals surface area contributed by atoms with Crippen molar-refractivity contribution >= 4 is 5.82 Å². The molecule has 20 heavy (non-hydrogen) atoms. The Morgan fingerprint density at radius 2 is 2.05 bits per heavy atom. The highest BCUT2D eigenvalue weighted by Gasteiger charge is 2.28. The fourth-order valence-electron chi connectivity index (χ4n) is 3.18. The molecule has 2 heterocycles. The maximum absolute atomic E-state index is 8.82. The molecule has 3 rings (SSSR count). The predicted octanol–water partition coefficient (Wildman–Crippen LogP) is 2.28. The Morgan fingerprint density at radius 3 is 2.65 bits per heavy atom. The molecule has 1 unspecified atom stereocenters. The lowest BCUT2D eigenvalue weighted by molar-refractivity contribution is 0.114. The van der Waals surface area contributed by atoms with E-state index in [1.54, 1.807) is 12.4 Å². The van der Waals surface area contributed by atoms with Gasteiger partial charge in [0.05, 0.1) is 18.5 Å². The van der Waals surface area contributed by atoms with E-state index in [4.69, 9.17) is 10.00 Å². The van der Waals surface area contributed by atoms with Crippen LogP contribution in [0.25, 0.3) is 0 Å². The summed E-state index contributed by atoms with van der Waals surface area (Å²) in [5.41, 5.74) is 0.372. The lowest BCUT2D eigenvalue weighted by atomic mass is 10.1. The second-order valence-electron chi connectivity index (χ2n) is 5.60. The van der Waals surface area contributed by atoms with Crippen LogP contribution in [-0.2, 0) is 4.74 Å². The van der Waals surface area contributed by atoms with E-state index in [2.05, 4.69) is 14.9 Å². The van der Waals surface area contributed by atoms with Gasteiger partial charge in [0.25, 0.3) is 0 Å². The van der Waals surface area contributed by atoms with E-state index in [1.807, 2.05) is 6.07 Å². The number of ether oxygens (including phenoxy) is 1. The molecule has 0 radical (unpaired) electrons. The third-order valence-electron chi connectivity index (χ3n) is 4.24. The van der Waals surface area contributed by atoms with Crippen LogP contribution < -0.4 is 4.90 Å². The van der Waals surface area contributed by atoms with Crippen molar-refractivity contribution in [1.29, 1.82) is 5.26 Å². The summed E-state index contributed by atoms with van der Waals surface area (Å²) in [5.74, 6) is 0.881. The summed E-state index contributed by atoms with van der Waals surface area (Å²) in [6, 6.07) is 2.56. The van der Waals surface area contributed by atoms with Gasteiger partial charge in [-0.1, -0.05) is 12.8 Å². The van der Waals surface area contributed by atoms with Crippen LogP contribution in [0, 0.1) is 11.3 Å². The molecule has 1 aliphatic carbocycles. The number of hydrogen-bond acceptors (Lipinski definition) is 5. The molecule has 5 nitrogen and oxygen atoms in total. The zero-order valence-electron chi connectivity index (χ0n) is 11.7. The molecule has 5 heteroatoms. The summed E-state index contributed by atoms with van der Waals surface area (Å²) in [4.78, 5) is 10.9. The van der Waals surface area contributed by atoms with Crippen LogP contribution in [0.1, 0.15) is 44.2 Å². The Morgan fingerprint density at radius 1 is 1.20 bits per heavy atom. The maximum atomic E-state index is 8.82. The van der Waals surface area contributed by atoms with Crippen molar-refractivity contribution in [3.8, 4) is 6.07 Å². The van der Waals surface area contributed by atoms with E-state index in [0.29, 0.717) is 17.8 Å². The molecule has 1 aromatic heterocycles. The molecule has 1 aromatic rings. The van der Waals surface area contributed by atoms with Crippen molar-refractivity contribution in [2.45, 2.75) is 50.7 Å². The third-order valence-corrected chi connectivity index (χ3v) is 4.24. The van der Waals surface area contributed by atoms with Crippen LogP contribution in [0.3, 0.4) is 0 Å². The van der Waals surface area contributed by atoms with Crippen molar-refractivity contribution in [3.05, 3.63) is 18.1 Å². The number of aromatic nitrogens is 2. The van der Waals surface area contributed by atoms with Crippen LogP contribution in [0.4, 0.5) is 5.82 Å². The normalized spacial score (nSPS) is 22.9. The SMILES string of the molecule is N#Cc1cnc(N(CC2CCCO2)C2CCCC2)cn1. The first-order chi connectivity index (χ1) is 9.86. The van der Waals surface area contributed by atoms with E-state index in [9.17, 15) is 0 Å². The summed E-state index contributed by atoms with van der Waals surface area (Å²) in [6.07, 6.45) is 10.9. The van der Waals surface area contributed by atoms with Crippen molar-refractivity contribution in [2.75, 3.05) is 18.1 Å². The number of anilines is 1. The molecule has 2 fully saturated rings. The maximum Gasteiger partial charge on any atom is 0.158 e. The van der Waals surface area contributed by atoms with Crippen molar-refractivity contribution < 1.29 is 4.74 Å². The number of nitriles is 1. The van der Waals surface area contributed by atoms with Gasteiger partial charge in [-0.15, -0.1) is 0 Å². The highest BCUT2D eigenvalue weighted by atomic mass is 16.5. The van der Waals surface area contributed by atoms with Crippen molar-refractivity contribution in [3.63, 3.8) is 0 Å². The van der Waals surface area contributed by atoms with E-state index >= 15 is 0 Å². The van der Waals surface area contributed by atoms with Gasteiger partial charge < -0.3 is 9.64 Å². The van der Waals surface area contributed by atoms with Gasteiger partial charge in [0.1, 0.15) is 11.9 Å². The molecular formula is C15H20N4O. The molecule has 1 saturated heterocycles. The lowest BCUT2D eigenvalue weighted by Crippen LogP contribution is -2.39. The number of hydrogen-bond donors (Lipinski definition) is 0. The Hall–Kier alpha value is -1.67. The van der Waals surface area contributed by atoms with E-state index in [1.165, 1.54) is 25.7 Å². The van der Waals surface area contributed by atoms with Gasteiger partial charge in [0, 0.05) is 19.2 Å². The minimum atomic E-state index is 0.313. The van der Waals surface area contributed by atoms with Gasteiger partial charge in [0.15, 0.2) is 5.69 Å². The molecule has 106 valence electrons. The second-order valence-corrected chi connectivity index (χ2v) is 5.60. The lowest BCUT2D eigenvalue weighted by Gasteiger charge is -2.31. The van der Waals surface area contributed by atoms with E-state index < -0.39 is 0 Å². The summed E-state index contributed by atoms with van der Waals surface area (Å²) in [5, 5.41) is 8.82. The highest BCUT2D eigenvalue weighted by Crippen LogP contribution is 2.28. The fourth-order valence-corrected chi connectivity index (χ4v) is 3.18. The Kier molecular flexibility index (Phi) is 4.12. The highest BCUT2D eigenvalue weighted by molar-refractivity contribution is 5.39. The smallest absolute Gasteiger partial charge is 0.158 e. The van der Waals surface area contributed by atoms with E-state index in [0.717, 1.165) is 31.8 Å². The Labute approximate surface area is 119 Å². The standard InChI is InChI=1S/C15H20N4O/c16-8-12-9-18-15(10-17-12)19(13-4-1-2-5-13)11-14-6-3-7-20-14/h9-10,13-14H,1-7,11H2. The Bertz CT molecular complexity index is 470. The first-order valence-corrected chi connectivity index (χ1v) is 7.47. The topological polar surface area (TPSA) is 62.0 Å². The van der Waals surface area contributed by atoms with Crippen molar-refractivity contribution in [2.24, 2.45) is 0 Å². The van der Waals surface area contributed by atoms with Crippen LogP contribution in [-0.4, -0.2) is 35.3 Å². The largest absolute Gasteiger partial charge is 0.376 e. The zero-order chi connectivity index (χ0) is 13.8. The first-order valence-electron chi connectivity index (χ1n) is 7.47. The summed E-state index contributed by atoms with van der Waals surface area (Å²) < 4.78 is 5.77. The van der Waals surface area contributed by atoms with Crippen LogP contribution in [0.2, 0.25) is 0 Å². The Balaban J connectivity index is 1.77. The average Bonchev–Trinajstić information content (AvgIpc) is 3.18. The van der Waals surface area contributed by atoms with Crippen molar-refractivity contribution in [1.82, 2.24) is 9.97 Å². The average molecular weight is 272 g/mol. The van der Waals surface area contributed by atoms with Gasteiger partial charge in [-0.2, -0.15) is 5.26 Å². The third kappa shape index (κ3) is 2.91. The molecule has 1 atom stereocenters. The van der Waals surface area contributed by atoms with Gasteiger partial charge in [-0.25, -0.2) is 9.97 Å². The molecule has 0 bridgehead atoms. The molecular weight excluding hydrogens is 252 g/mol. The van der Waals surface area contributed by atoms with Crippen LogP contribution in [0.15, 0.2) is 12.4 Å². The second kappa shape index (κ2) is 6.19. The molecule has 0 amide bonds. The first kappa shape index (κ1) is 13.3. The molecule has 2 aliphatic rings. The predicted molar refractivity (Wildman–Crippen MR) is 75.3 cm³/mol. The zero-order valence-corrected chi connectivity index (χ0v) is 11.7. The fraction of sp³-hybridized carbons (Fsp3) is 0.667. The monoisotopic (exact) mass is 272 g/mol. The van der Waals surface area contributed by atoms with Gasteiger partial charge in [-0.05, 0) is 25.7 Å². The molecule has 0 N–H and O–H groups in total. The summed E-state index contributed by atoms with van der Waals surface area (Å²) in [6.45, 7) is 1.77. The van der Waals surface area contributed by atoms with Gasteiger partial charge in [0.2, 0.25) is 0 Å². The summed E-state index contributed by atoms with van der Waals surface area (Å²) >= 11 is 0. The number of nitrogens with zero attached hydrogens (tertiary/aromatic N) is 4. The molecule has 0 spiro atoms. The minimum absolute atomic E-state index is 0.313. The van der Waals surface area contributed by atoms with Gasteiger partial charge >= 0.3 is 0 Å². The number of rotatable bonds is 4.